The molecule has 0 spiro atoms. The van der Waals surface area contributed by atoms with Gasteiger partial charge in [-0.25, -0.2) is 0 Å². The highest BCUT2D eigenvalue weighted by molar-refractivity contribution is 6.84. The largest absolute Gasteiger partial charge is 0.129 e. The average molecular weight is 557 g/mol. The Bertz CT molecular complexity index is 1870. The van der Waals surface area contributed by atoms with Gasteiger partial charge in [-0.3, -0.25) is 0 Å². The molecule has 0 unspecified atom stereocenters. The summed E-state index contributed by atoms with van der Waals surface area (Å²) in [4.78, 5) is 0. The van der Waals surface area contributed by atoms with Gasteiger partial charge in [-0.05, 0) is 88.7 Å². The second kappa shape index (κ2) is 9.24. The maximum Gasteiger partial charge on any atom is 0.129 e. The summed E-state index contributed by atoms with van der Waals surface area (Å²) >= 11 is 0. The zero-order valence-electron chi connectivity index (χ0n) is 26.6. The van der Waals surface area contributed by atoms with E-state index >= 15 is 0 Å². The summed E-state index contributed by atoms with van der Waals surface area (Å²) in [7, 11) is -3.12. The number of rotatable bonds is 0. The molecule has 0 aromatic heterocycles. The number of fused-ring (bicyclic) bond motifs is 4. The number of hydrogen-bond donors (Lipinski definition) is 0. The summed E-state index contributed by atoms with van der Waals surface area (Å²) in [6.45, 7) is 27.7. The molecule has 5 rings (SSSR count). The van der Waals surface area contributed by atoms with Crippen molar-refractivity contribution in [1.82, 2.24) is 0 Å². The Morgan fingerprint density at radius 2 is 0.800 bits per heavy atom. The second-order valence-electron chi connectivity index (χ2n) is 15.7. The highest BCUT2D eigenvalue weighted by atomic mass is 28.3. The van der Waals surface area contributed by atoms with E-state index in [1.807, 2.05) is 0 Å². The molecule has 204 valence electrons. The zero-order chi connectivity index (χ0) is 29.4. The van der Waals surface area contributed by atoms with Crippen molar-refractivity contribution in [2.75, 3.05) is 0 Å². The predicted molar refractivity (Wildman–Crippen MR) is 179 cm³/mol. The van der Waals surface area contributed by atoms with E-state index in [1.165, 1.54) is 64.7 Å². The fraction of sp³-hybridized carbons (Fsp3) is 0.368. The Hall–Kier alpha value is -3.05. The molecule has 3 aromatic rings. The van der Waals surface area contributed by atoms with Gasteiger partial charge in [0.15, 0.2) is 0 Å². The summed E-state index contributed by atoms with van der Waals surface area (Å²) in [5, 5.41) is 7.77. The van der Waals surface area contributed by atoms with Crippen molar-refractivity contribution in [2.24, 2.45) is 0 Å². The van der Waals surface area contributed by atoms with Gasteiger partial charge in [0.05, 0.1) is 0 Å². The van der Waals surface area contributed by atoms with Gasteiger partial charge in [0.25, 0.3) is 0 Å². The summed E-state index contributed by atoms with van der Waals surface area (Å²) in [5.41, 5.74) is 15.2. The molecule has 2 heteroatoms. The molecule has 2 aliphatic rings. The van der Waals surface area contributed by atoms with E-state index in [0.717, 1.165) is 0 Å². The molecule has 0 fully saturated rings. The first-order chi connectivity index (χ1) is 18.3. The average Bonchev–Trinajstić information content (AvgIpc) is 3.28. The first kappa shape index (κ1) is 28.5. The lowest BCUT2D eigenvalue weighted by Crippen LogP contribution is -2.18. The van der Waals surface area contributed by atoms with Crippen molar-refractivity contribution in [3.63, 3.8) is 0 Å². The standard InChI is InChI=1S/C38H44Si2/c1-37(2,3)25-13-15-27-31(21-25)29(17-19-39(7,8)9)35-24-34-28-16-14-26(38(4,5)6)22-32(28)30(18-20-40(10,11)12)36(34)23-33(27)35/h13-16,21-24H,1-12H3. The molecule has 0 atom stereocenters. The van der Waals surface area contributed by atoms with Gasteiger partial charge in [-0.1, -0.05) is 117 Å². The molecular formula is C38H44Si2. The molecule has 0 radical (unpaired) electrons. The van der Waals surface area contributed by atoms with Gasteiger partial charge in [-0.15, -0.1) is 11.1 Å². The number of benzene rings is 3. The lowest BCUT2D eigenvalue weighted by Gasteiger charge is -2.18. The van der Waals surface area contributed by atoms with Gasteiger partial charge in [0.2, 0.25) is 0 Å². The van der Waals surface area contributed by atoms with Gasteiger partial charge in [-0.2, -0.15) is 0 Å². The fourth-order valence-electron chi connectivity index (χ4n) is 5.42. The Balaban J connectivity index is 1.93. The van der Waals surface area contributed by atoms with Crippen LogP contribution in [-0.4, -0.2) is 16.1 Å². The van der Waals surface area contributed by atoms with Gasteiger partial charge in [0.1, 0.15) is 16.1 Å². The van der Waals surface area contributed by atoms with Gasteiger partial charge < -0.3 is 0 Å². The van der Waals surface area contributed by atoms with E-state index in [4.69, 9.17) is 0 Å². The first-order valence-corrected chi connectivity index (χ1v) is 21.6. The normalized spacial score (nSPS) is 14.0. The van der Waals surface area contributed by atoms with E-state index < -0.39 is 16.1 Å². The second-order valence-corrected chi connectivity index (χ2v) is 25.2. The fourth-order valence-corrected chi connectivity index (χ4v) is 6.42. The summed E-state index contributed by atoms with van der Waals surface area (Å²) < 4.78 is 0. The van der Waals surface area contributed by atoms with Gasteiger partial charge in [0, 0.05) is 11.1 Å². The van der Waals surface area contributed by atoms with Crippen molar-refractivity contribution in [3.05, 3.63) is 102 Å². The summed E-state index contributed by atoms with van der Waals surface area (Å²) in [5.74, 6) is 7.42. The Kier molecular flexibility index (Phi) is 6.58. The van der Waals surface area contributed by atoms with E-state index in [-0.39, 0.29) is 10.8 Å². The van der Waals surface area contributed by atoms with Crippen LogP contribution in [0, 0.1) is 43.8 Å². The van der Waals surface area contributed by atoms with Crippen LogP contribution in [0.15, 0.2) is 48.5 Å². The van der Waals surface area contributed by atoms with Crippen molar-refractivity contribution in [2.45, 2.75) is 91.7 Å². The third-order valence-corrected chi connectivity index (χ3v) is 9.46. The molecule has 0 aliphatic heterocycles. The van der Waals surface area contributed by atoms with Crippen molar-refractivity contribution < 1.29 is 0 Å². The minimum Gasteiger partial charge on any atom is -0.127 e. The van der Waals surface area contributed by atoms with Crippen LogP contribution in [0.5, 0.6) is 0 Å². The smallest absolute Gasteiger partial charge is 0.127 e. The minimum absolute atomic E-state index is 0.0833. The molecule has 0 saturated heterocycles. The van der Waals surface area contributed by atoms with Crippen LogP contribution in [0.3, 0.4) is 0 Å². The van der Waals surface area contributed by atoms with Crippen molar-refractivity contribution >= 4 is 27.3 Å². The zero-order valence-corrected chi connectivity index (χ0v) is 28.6. The maximum absolute atomic E-state index is 3.71. The monoisotopic (exact) mass is 556 g/mol. The highest BCUT2D eigenvalue weighted by Gasteiger charge is 2.22. The van der Waals surface area contributed by atoms with E-state index in [1.54, 1.807) is 0 Å². The molecule has 3 aromatic carbocycles. The van der Waals surface area contributed by atoms with E-state index in [9.17, 15) is 0 Å². The van der Waals surface area contributed by atoms with Crippen molar-refractivity contribution in [3.8, 4) is 22.9 Å². The van der Waals surface area contributed by atoms with Gasteiger partial charge >= 0.3 is 0 Å². The predicted octanol–water partition coefficient (Wildman–Crippen LogP) is 7.64. The molecule has 0 saturated carbocycles. The highest BCUT2D eigenvalue weighted by Crippen LogP contribution is 2.29. The maximum atomic E-state index is 3.71. The lowest BCUT2D eigenvalue weighted by molar-refractivity contribution is 0.589. The molecule has 40 heavy (non-hydrogen) atoms. The van der Waals surface area contributed by atoms with Crippen molar-refractivity contribution in [1.29, 1.82) is 0 Å². The lowest BCUT2D eigenvalue weighted by atomic mass is 9.86. The Morgan fingerprint density at radius 1 is 0.450 bits per heavy atom. The molecular weight excluding hydrogens is 513 g/mol. The SMILES string of the molecule is CC(C)(C)c1ccc2c(c1)=C(C#C[Si](C)(C)C)c1cc3c(cc1=2)C(C#C[Si](C)(C)C)=c1cc(C(C)(C)C)ccc1=3. The molecule has 0 amide bonds. The first-order valence-electron chi connectivity index (χ1n) is 14.6. The Labute approximate surface area is 243 Å². The summed E-state index contributed by atoms with van der Waals surface area (Å²) in [6, 6.07) is 18.9. The third-order valence-electron chi connectivity index (χ3n) is 7.71. The number of hydrogen-bond acceptors (Lipinski definition) is 0. The molecule has 2 aliphatic carbocycles. The molecule has 0 heterocycles. The Morgan fingerprint density at radius 3 is 1.10 bits per heavy atom. The topological polar surface area (TPSA) is 0 Å². The molecule has 0 N–H and O–H groups in total. The van der Waals surface area contributed by atoms with E-state index in [2.05, 4.69) is 152 Å². The summed E-state index contributed by atoms with van der Waals surface area (Å²) in [6.07, 6.45) is 0. The molecule has 0 bridgehead atoms. The van der Waals surface area contributed by atoms with Crippen LogP contribution in [0.25, 0.3) is 11.1 Å². The van der Waals surface area contributed by atoms with Crippen LogP contribution >= 0.6 is 0 Å². The van der Waals surface area contributed by atoms with Crippen LogP contribution in [0.2, 0.25) is 39.3 Å². The third kappa shape index (κ3) is 5.33. The van der Waals surface area contributed by atoms with Crippen LogP contribution in [-0.2, 0) is 10.8 Å². The van der Waals surface area contributed by atoms with E-state index in [0.29, 0.717) is 0 Å². The van der Waals surface area contributed by atoms with Crippen LogP contribution in [0.1, 0.15) is 63.8 Å². The quantitative estimate of drug-likeness (QED) is 0.197. The molecule has 0 nitrogen and oxygen atoms in total. The van der Waals surface area contributed by atoms with Crippen LogP contribution < -0.4 is 10.4 Å². The van der Waals surface area contributed by atoms with Crippen LogP contribution in [0.4, 0.5) is 0 Å². The minimum atomic E-state index is -1.56.